The molecule has 2 fully saturated rings. The molecule has 0 heterocycles. The molecule has 6 heteroatoms. The Hall–Kier alpha value is -1.40. The van der Waals surface area contributed by atoms with Crippen molar-refractivity contribution in [1.82, 2.24) is 0 Å². The van der Waals surface area contributed by atoms with E-state index in [1.165, 1.54) is 44.9 Å². The zero-order valence-corrected chi connectivity index (χ0v) is 21.0. The lowest BCUT2D eigenvalue weighted by atomic mass is 9.79. The molecule has 3 rings (SSSR count). The van der Waals surface area contributed by atoms with Gasteiger partial charge in [0.1, 0.15) is 30.8 Å². The second-order valence-electron chi connectivity index (χ2n) is 9.77. The van der Waals surface area contributed by atoms with Gasteiger partial charge in [0, 0.05) is 15.5 Å². The standard InChI is InChI=1S/C19H26F2O3.C8H16.B/c1-13-4-6-15(7-5-13)16-10-17(20)19(18(21)11-16)14(2)24-9-8-23-12-22-3;1-7-3-5-8(2)6-4-7;/h10-11,13,15H,2,4-9,12H2,1,3H3;7-8H,3-6H2,1-2H3;. The Morgan fingerprint density at radius 2 is 1.30 bits per heavy atom. The minimum absolute atomic E-state index is 0. The third-order valence-corrected chi connectivity index (χ3v) is 6.84. The number of hydrogen-bond donors (Lipinski definition) is 0. The largest absolute Gasteiger partial charge is 0.491 e. The van der Waals surface area contributed by atoms with E-state index >= 15 is 0 Å². The highest BCUT2D eigenvalue weighted by molar-refractivity contribution is 5.75. The van der Waals surface area contributed by atoms with Crippen LogP contribution in [0.25, 0.3) is 5.76 Å². The Morgan fingerprint density at radius 1 is 0.848 bits per heavy atom. The fourth-order valence-electron chi connectivity index (χ4n) is 4.55. The first-order valence-electron chi connectivity index (χ1n) is 12.2. The van der Waals surface area contributed by atoms with E-state index in [0.29, 0.717) is 5.92 Å². The minimum Gasteiger partial charge on any atom is -0.491 e. The Balaban J connectivity index is 0.000000511. The lowest BCUT2D eigenvalue weighted by Gasteiger charge is -2.26. The third kappa shape index (κ3) is 10.2. The molecule has 0 spiro atoms. The molecule has 0 aromatic heterocycles. The molecule has 0 unspecified atom stereocenters. The molecule has 0 bridgehead atoms. The highest BCUT2D eigenvalue weighted by Crippen LogP contribution is 2.37. The third-order valence-electron chi connectivity index (χ3n) is 6.84. The molecule has 3 nitrogen and oxygen atoms in total. The molecule has 3 radical (unpaired) electrons. The van der Waals surface area contributed by atoms with Crippen LogP contribution in [-0.2, 0) is 14.2 Å². The summed E-state index contributed by atoms with van der Waals surface area (Å²) < 4.78 is 43.9. The van der Waals surface area contributed by atoms with Crippen LogP contribution in [0.5, 0.6) is 0 Å². The predicted octanol–water partition coefficient (Wildman–Crippen LogP) is 7.32. The van der Waals surface area contributed by atoms with Crippen molar-refractivity contribution in [3.63, 3.8) is 0 Å². The maximum absolute atomic E-state index is 14.4. The monoisotopic (exact) mass is 463 g/mol. The molecule has 0 atom stereocenters. The molecule has 1 aromatic carbocycles. The van der Waals surface area contributed by atoms with Crippen LogP contribution in [0.2, 0.25) is 0 Å². The van der Waals surface area contributed by atoms with E-state index in [1.807, 2.05) is 0 Å². The predicted molar refractivity (Wildman–Crippen MR) is 132 cm³/mol. The van der Waals surface area contributed by atoms with Crippen LogP contribution in [0.1, 0.15) is 89.2 Å². The average molecular weight is 463 g/mol. The maximum Gasteiger partial charge on any atom is 0.146 e. The summed E-state index contributed by atoms with van der Waals surface area (Å²) in [6, 6.07) is 2.85. The Morgan fingerprint density at radius 3 is 1.76 bits per heavy atom. The molecule has 2 aliphatic carbocycles. The molecule has 2 saturated carbocycles. The van der Waals surface area contributed by atoms with Gasteiger partial charge in [0.25, 0.3) is 0 Å². The summed E-state index contributed by atoms with van der Waals surface area (Å²) in [4.78, 5) is 0. The molecule has 1 aromatic rings. The summed E-state index contributed by atoms with van der Waals surface area (Å²) in [6.45, 7) is 11.1. The first-order chi connectivity index (χ1) is 15.3. The van der Waals surface area contributed by atoms with Gasteiger partial charge in [0.2, 0.25) is 0 Å². The molecule has 2 aliphatic rings. The van der Waals surface area contributed by atoms with Crippen molar-refractivity contribution in [1.29, 1.82) is 0 Å². The van der Waals surface area contributed by atoms with E-state index in [-0.39, 0.29) is 45.7 Å². The van der Waals surface area contributed by atoms with Crippen LogP contribution in [0.4, 0.5) is 8.78 Å². The van der Waals surface area contributed by atoms with Gasteiger partial charge in [0.05, 0.1) is 12.2 Å². The van der Waals surface area contributed by atoms with Gasteiger partial charge in [-0.3, -0.25) is 0 Å². The van der Waals surface area contributed by atoms with Crippen molar-refractivity contribution in [3.8, 4) is 0 Å². The number of benzene rings is 1. The first-order valence-corrected chi connectivity index (χ1v) is 12.2. The van der Waals surface area contributed by atoms with E-state index in [9.17, 15) is 8.78 Å². The highest BCUT2D eigenvalue weighted by Gasteiger charge is 2.23. The van der Waals surface area contributed by atoms with Crippen molar-refractivity contribution in [2.45, 2.75) is 78.1 Å². The number of hydrogen-bond acceptors (Lipinski definition) is 3. The van der Waals surface area contributed by atoms with Crippen LogP contribution in [0.3, 0.4) is 0 Å². The zero-order valence-electron chi connectivity index (χ0n) is 21.0. The molecule has 0 amide bonds. The van der Waals surface area contributed by atoms with Crippen molar-refractivity contribution < 1.29 is 23.0 Å². The SMILES string of the molecule is C=C(OCCOCOC)c1c(F)cc(C2CCC(C)CC2)cc1F.CC1CCC(C)CC1.[B]. The van der Waals surface area contributed by atoms with Gasteiger partial charge in [-0.1, -0.05) is 65.9 Å². The Labute approximate surface area is 201 Å². The van der Waals surface area contributed by atoms with Gasteiger partial charge in [-0.15, -0.1) is 0 Å². The van der Waals surface area contributed by atoms with Crippen molar-refractivity contribution in [3.05, 3.63) is 41.5 Å². The summed E-state index contributed by atoms with van der Waals surface area (Å²) >= 11 is 0. The topological polar surface area (TPSA) is 27.7 Å². The van der Waals surface area contributed by atoms with Crippen LogP contribution in [0.15, 0.2) is 18.7 Å². The summed E-state index contributed by atoms with van der Waals surface area (Å²) in [5.41, 5.74) is 0.534. The number of halogens is 2. The van der Waals surface area contributed by atoms with Gasteiger partial charge in [0.15, 0.2) is 0 Å². The van der Waals surface area contributed by atoms with Crippen molar-refractivity contribution in [2.75, 3.05) is 27.1 Å². The molecular formula is C27H42BF2O3. The molecule has 0 aliphatic heterocycles. The normalized spacial score (nSPS) is 24.8. The van der Waals surface area contributed by atoms with E-state index in [0.717, 1.165) is 43.1 Å². The second kappa shape index (κ2) is 15.5. The van der Waals surface area contributed by atoms with Crippen LogP contribution in [-0.4, -0.2) is 35.5 Å². The van der Waals surface area contributed by atoms with E-state index in [4.69, 9.17) is 14.2 Å². The number of methoxy groups -OCH3 is 1. The molecule has 185 valence electrons. The van der Waals surface area contributed by atoms with E-state index < -0.39 is 11.6 Å². The fraction of sp³-hybridized carbons (Fsp3) is 0.704. The zero-order chi connectivity index (χ0) is 23.5. The Kier molecular flexibility index (Phi) is 13.9. The average Bonchev–Trinajstić information content (AvgIpc) is 2.76. The van der Waals surface area contributed by atoms with E-state index in [2.05, 4.69) is 27.4 Å². The van der Waals surface area contributed by atoms with Gasteiger partial charge < -0.3 is 14.2 Å². The van der Waals surface area contributed by atoms with Crippen molar-refractivity contribution >= 4 is 14.2 Å². The lowest BCUT2D eigenvalue weighted by Crippen LogP contribution is -2.12. The van der Waals surface area contributed by atoms with Gasteiger partial charge in [-0.05, 0) is 54.2 Å². The minimum atomic E-state index is -0.619. The van der Waals surface area contributed by atoms with Crippen LogP contribution in [0, 0.1) is 29.4 Å². The summed E-state index contributed by atoms with van der Waals surface area (Å²) in [7, 11) is 1.51. The summed E-state index contributed by atoms with van der Waals surface area (Å²) in [6.07, 6.45) is 10.1. The van der Waals surface area contributed by atoms with Gasteiger partial charge in [-0.25, -0.2) is 8.78 Å². The number of rotatable bonds is 8. The first kappa shape index (κ1) is 29.6. The quantitative estimate of drug-likeness (QED) is 0.175. The smallest absolute Gasteiger partial charge is 0.146 e. The molecule has 0 saturated heterocycles. The fourth-order valence-corrected chi connectivity index (χ4v) is 4.55. The van der Waals surface area contributed by atoms with E-state index in [1.54, 1.807) is 0 Å². The second-order valence-corrected chi connectivity index (χ2v) is 9.77. The van der Waals surface area contributed by atoms with Gasteiger partial charge in [-0.2, -0.15) is 0 Å². The molecule has 0 N–H and O–H groups in total. The maximum atomic E-state index is 14.4. The van der Waals surface area contributed by atoms with Crippen LogP contribution < -0.4 is 0 Å². The van der Waals surface area contributed by atoms with Crippen LogP contribution >= 0.6 is 0 Å². The van der Waals surface area contributed by atoms with Gasteiger partial charge >= 0.3 is 0 Å². The summed E-state index contributed by atoms with van der Waals surface area (Å²) in [5, 5.41) is 0. The highest BCUT2D eigenvalue weighted by atomic mass is 19.1. The molecule has 33 heavy (non-hydrogen) atoms. The summed E-state index contributed by atoms with van der Waals surface area (Å²) in [5.74, 6) is 1.71. The molecular weight excluding hydrogens is 421 g/mol. The lowest BCUT2D eigenvalue weighted by molar-refractivity contribution is -0.0410. The Bertz CT molecular complexity index is 664. The van der Waals surface area contributed by atoms with Crippen molar-refractivity contribution in [2.24, 2.45) is 17.8 Å². The number of ether oxygens (including phenoxy) is 3.